The van der Waals surface area contributed by atoms with E-state index >= 15 is 0 Å². The summed E-state index contributed by atoms with van der Waals surface area (Å²) in [5.41, 5.74) is 8.47. The summed E-state index contributed by atoms with van der Waals surface area (Å²) in [6.07, 6.45) is 1.75. The van der Waals surface area contributed by atoms with Crippen LogP contribution in [0.25, 0.3) is 11.1 Å². The minimum Gasteiger partial charge on any atom is -0.496 e. The van der Waals surface area contributed by atoms with Gasteiger partial charge in [-0.3, -0.25) is 4.79 Å². The van der Waals surface area contributed by atoms with E-state index < -0.39 is 0 Å². The molecular weight excluding hydrogens is 294 g/mol. The van der Waals surface area contributed by atoms with E-state index in [1.165, 1.54) is 4.57 Å². The zero-order valence-electron chi connectivity index (χ0n) is 14.2. The zero-order chi connectivity index (χ0) is 17.1. The van der Waals surface area contributed by atoms with Crippen molar-refractivity contribution in [1.29, 1.82) is 0 Å². The molecule has 0 aliphatic carbocycles. The number of methoxy groups -OCH3 is 2. The van der Waals surface area contributed by atoms with Crippen molar-refractivity contribution >= 4 is 5.69 Å². The van der Waals surface area contributed by atoms with Crippen molar-refractivity contribution in [2.75, 3.05) is 34.0 Å². The van der Waals surface area contributed by atoms with Crippen LogP contribution in [0.5, 0.6) is 11.5 Å². The summed E-state index contributed by atoms with van der Waals surface area (Å²) in [5, 5.41) is 0. The van der Waals surface area contributed by atoms with Crippen molar-refractivity contribution in [1.82, 2.24) is 9.47 Å². The summed E-state index contributed by atoms with van der Waals surface area (Å²) in [7, 11) is 8.91. The topological polar surface area (TPSA) is 69.7 Å². The first-order chi connectivity index (χ1) is 10.9. The molecule has 1 aromatic heterocycles. The number of anilines is 1. The highest BCUT2D eigenvalue weighted by Gasteiger charge is 2.15. The van der Waals surface area contributed by atoms with Crippen LogP contribution >= 0.6 is 0 Å². The van der Waals surface area contributed by atoms with Gasteiger partial charge in [0.25, 0.3) is 5.56 Å². The molecule has 2 rings (SSSR count). The Balaban J connectivity index is 2.63. The molecule has 1 aromatic carbocycles. The van der Waals surface area contributed by atoms with Crippen LogP contribution in [0, 0.1) is 0 Å². The molecule has 23 heavy (non-hydrogen) atoms. The van der Waals surface area contributed by atoms with Crippen LogP contribution in [0.15, 0.2) is 29.2 Å². The predicted molar refractivity (Wildman–Crippen MR) is 92.0 cm³/mol. The number of pyridine rings is 1. The monoisotopic (exact) mass is 317 g/mol. The number of hydrogen-bond donors (Lipinski definition) is 1. The van der Waals surface area contributed by atoms with Gasteiger partial charge >= 0.3 is 0 Å². The second-order valence-electron chi connectivity index (χ2n) is 5.70. The number of ether oxygens (including phenoxy) is 2. The summed E-state index contributed by atoms with van der Waals surface area (Å²) in [6.45, 7) is 0.696. The summed E-state index contributed by atoms with van der Waals surface area (Å²) < 4.78 is 12.5. The lowest BCUT2D eigenvalue weighted by atomic mass is 10.0. The van der Waals surface area contributed by atoms with Gasteiger partial charge in [0.05, 0.1) is 25.5 Å². The molecule has 0 bridgehead atoms. The number of aryl methyl sites for hydroxylation is 1. The van der Waals surface area contributed by atoms with Crippen LogP contribution in [0.3, 0.4) is 0 Å². The Kier molecular flexibility index (Phi) is 4.95. The van der Waals surface area contributed by atoms with Gasteiger partial charge in [0.1, 0.15) is 11.5 Å². The summed E-state index contributed by atoms with van der Waals surface area (Å²) in [4.78, 5) is 13.8. The normalized spacial score (nSPS) is 10.9. The van der Waals surface area contributed by atoms with E-state index in [9.17, 15) is 4.79 Å². The van der Waals surface area contributed by atoms with E-state index in [-0.39, 0.29) is 11.2 Å². The van der Waals surface area contributed by atoms with Gasteiger partial charge in [0.15, 0.2) is 0 Å². The fraction of sp³-hybridized carbons (Fsp3) is 0.353. The molecule has 2 N–H and O–H groups in total. The Morgan fingerprint density at radius 3 is 2.09 bits per heavy atom. The molecular formula is C17H23N3O3. The third kappa shape index (κ3) is 3.48. The van der Waals surface area contributed by atoms with Gasteiger partial charge in [-0.2, -0.15) is 0 Å². The molecule has 0 atom stereocenters. The van der Waals surface area contributed by atoms with Crippen LogP contribution in [-0.2, 0) is 13.6 Å². The summed E-state index contributed by atoms with van der Waals surface area (Å²) in [6, 6.07) is 5.53. The molecule has 0 unspecified atom stereocenters. The molecule has 0 aliphatic heterocycles. The van der Waals surface area contributed by atoms with Crippen molar-refractivity contribution in [3.05, 3.63) is 40.3 Å². The van der Waals surface area contributed by atoms with Crippen molar-refractivity contribution in [2.45, 2.75) is 6.54 Å². The summed E-state index contributed by atoms with van der Waals surface area (Å²) >= 11 is 0. The number of benzene rings is 1. The Morgan fingerprint density at radius 1 is 1.09 bits per heavy atom. The van der Waals surface area contributed by atoms with Crippen molar-refractivity contribution in [3.8, 4) is 22.6 Å². The van der Waals surface area contributed by atoms with Gasteiger partial charge in [-0.1, -0.05) is 0 Å². The van der Waals surface area contributed by atoms with Crippen molar-refractivity contribution < 1.29 is 9.47 Å². The first-order valence-corrected chi connectivity index (χ1v) is 7.23. The number of nitrogens with two attached hydrogens (primary N) is 1. The Bertz CT molecular complexity index is 715. The van der Waals surface area contributed by atoms with Crippen molar-refractivity contribution in [2.24, 2.45) is 7.05 Å². The quantitative estimate of drug-likeness (QED) is 0.909. The van der Waals surface area contributed by atoms with Gasteiger partial charge in [-0.25, -0.2) is 0 Å². The zero-order valence-corrected chi connectivity index (χ0v) is 14.2. The number of aromatic nitrogens is 1. The largest absolute Gasteiger partial charge is 0.496 e. The maximum atomic E-state index is 11.8. The maximum absolute atomic E-state index is 11.8. The SMILES string of the molecule is COc1cc(-c2cc(N)c(=O)n(C)c2)cc(OC)c1CN(C)C. The van der Waals surface area contributed by atoms with Crippen LogP contribution in [0.4, 0.5) is 5.69 Å². The Morgan fingerprint density at radius 2 is 1.65 bits per heavy atom. The highest BCUT2D eigenvalue weighted by atomic mass is 16.5. The van der Waals surface area contributed by atoms with Crippen LogP contribution < -0.4 is 20.8 Å². The van der Waals surface area contributed by atoms with Crippen LogP contribution in [0.2, 0.25) is 0 Å². The number of hydrogen-bond acceptors (Lipinski definition) is 5. The number of rotatable bonds is 5. The number of nitrogens with zero attached hydrogens (tertiary/aromatic N) is 2. The van der Waals surface area contributed by atoms with Gasteiger partial charge in [-0.05, 0) is 37.9 Å². The van der Waals surface area contributed by atoms with Gasteiger partial charge < -0.3 is 24.7 Å². The lowest BCUT2D eigenvalue weighted by Crippen LogP contribution is -2.19. The molecule has 0 radical (unpaired) electrons. The van der Waals surface area contributed by atoms with E-state index in [1.54, 1.807) is 33.5 Å². The smallest absolute Gasteiger partial charge is 0.273 e. The summed E-state index contributed by atoms with van der Waals surface area (Å²) in [5.74, 6) is 1.47. The Hall–Kier alpha value is -2.47. The highest BCUT2D eigenvalue weighted by Crippen LogP contribution is 2.35. The van der Waals surface area contributed by atoms with E-state index in [1.807, 2.05) is 31.1 Å². The molecule has 0 aliphatic rings. The molecule has 6 nitrogen and oxygen atoms in total. The first-order valence-electron chi connectivity index (χ1n) is 7.23. The molecule has 0 saturated heterocycles. The van der Waals surface area contributed by atoms with Crippen molar-refractivity contribution in [3.63, 3.8) is 0 Å². The molecule has 124 valence electrons. The van der Waals surface area contributed by atoms with Crippen LogP contribution in [-0.4, -0.2) is 37.8 Å². The molecule has 0 amide bonds. The van der Waals surface area contributed by atoms with E-state index in [0.717, 1.165) is 28.2 Å². The standard InChI is InChI=1S/C17H23N3O3/c1-19(2)10-13-15(22-4)7-11(8-16(13)23-5)12-6-14(18)17(21)20(3)9-12/h6-9H,10,18H2,1-5H3. The predicted octanol–water partition coefficient (Wildman–Crippen LogP) is 1.71. The minimum absolute atomic E-state index is 0.209. The lowest BCUT2D eigenvalue weighted by Gasteiger charge is -2.18. The maximum Gasteiger partial charge on any atom is 0.273 e. The molecule has 0 saturated carbocycles. The van der Waals surface area contributed by atoms with Gasteiger partial charge in [0, 0.05) is 25.4 Å². The molecule has 1 heterocycles. The van der Waals surface area contributed by atoms with E-state index in [0.29, 0.717) is 6.54 Å². The minimum atomic E-state index is -0.211. The van der Waals surface area contributed by atoms with Gasteiger partial charge in [-0.15, -0.1) is 0 Å². The van der Waals surface area contributed by atoms with E-state index in [2.05, 4.69) is 0 Å². The second-order valence-corrected chi connectivity index (χ2v) is 5.70. The Labute approximate surface area is 136 Å². The average Bonchev–Trinajstić information content (AvgIpc) is 2.51. The fourth-order valence-electron chi connectivity index (χ4n) is 2.52. The third-order valence-corrected chi connectivity index (χ3v) is 3.63. The third-order valence-electron chi connectivity index (χ3n) is 3.63. The van der Waals surface area contributed by atoms with E-state index in [4.69, 9.17) is 15.2 Å². The second kappa shape index (κ2) is 6.75. The van der Waals surface area contributed by atoms with Gasteiger partial charge in [0.2, 0.25) is 0 Å². The lowest BCUT2D eigenvalue weighted by molar-refractivity contribution is 0.349. The highest BCUT2D eigenvalue weighted by molar-refractivity contribution is 5.71. The van der Waals surface area contributed by atoms with Crippen LogP contribution in [0.1, 0.15) is 5.56 Å². The molecule has 2 aromatic rings. The first kappa shape index (κ1) is 16.9. The average molecular weight is 317 g/mol. The number of nitrogen functional groups attached to an aromatic ring is 1. The molecule has 0 spiro atoms. The molecule has 6 heteroatoms. The fourth-order valence-corrected chi connectivity index (χ4v) is 2.52. The molecule has 0 fully saturated rings.